The van der Waals surface area contributed by atoms with Crippen molar-refractivity contribution in [2.24, 2.45) is 0 Å². The first-order valence-corrected chi connectivity index (χ1v) is 6.59. The van der Waals surface area contributed by atoms with Crippen LogP contribution in [-0.2, 0) is 0 Å². The Balaban J connectivity index is 1.92. The highest BCUT2D eigenvalue weighted by Gasteiger charge is 2.04. The molecule has 0 spiro atoms. The Bertz CT molecular complexity index is 756. The summed E-state index contributed by atoms with van der Waals surface area (Å²) >= 11 is 0. The highest BCUT2D eigenvalue weighted by molar-refractivity contribution is 5.65. The zero-order chi connectivity index (χ0) is 14.7. The molecule has 0 fully saturated rings. The van der Waals surface area contributed by atoms with Gasteiger partial charge in [0, 0.05) is 35.5 Å². The van der Waals surface area contributed by atoms with E-state index in [2.05, 4.69) is 20.3 Å². The number of nitrogens with one attached hydrogen (secondary N) is 1. The van der Waals surface area contributed by atoms with E-state index >= 15 is 0 Å². The molecule has 1 aromatic carbocycles. The Labute approximate surface area is 122 Å². The third kappa shape index (κ3) is 2.97. The molecule has 2 heterocycles. The fourth-order valence-corrected chi connectivity index (χ4v) is 1.99. The van der Waals surface area contributed by atoms with Crippen molar-refractivity contribution in [2.75, 3.05) is 11.1 Å². The van der Waals surface area contributed by atoms with E-state index in [0.717, 1.165) is 22.5 Å². The van der Waals surface area contributed by atoms with Crippen LogP contribution in [0.5, 0.6) is 0 Å². The maximum absolute atomic E-state index is 5.81. The molecule has 104 valence electrons. The van der Waals surface area contributed by atoms with Crippen LogP contribution < -0.4 is 11.1 Å². The van der Waals surface area contributed by atoms with Gasteiger partial charge in [0.25, 0.3) is 0 Å². The molecule has 0 saturated carbocycles. The molecule has 0 aliphatic rings. The van der Waals surface area contributed by atoms with Crippen LogP contribution in [0.25, 0.3) is 11.3 Å². The number of anilines is 3. The van der Waals surface area contributed by atoms with Gasteiger partial charge >= 0.3 is 0 Å². The summed E-state index contributed by atoms with van der Waals surface area (Å²) in [6.07, 6.45) is 5.23. The summed E-state index contributed by atoms with van der Waals surface area (Å²) in [6.45, 7) is 2.01. The van der Waals surface area contributed by atoms with Crippen molar-refractivity contribution in [1.29, 1.82) is 0 Å². The van der Waals surface area contributed by atoms with E-state index in [1.165, 1.54) is 0 Å². The molecule has 5 nitrogen and oxygen atoms in total. The fraction of sp³-hybridized carbons (Fsp3) is 0.0625. The third-order valence-corrected chi connectivity index (χ3v) is 3.12. The number of benzene rings is 1. The van der Waals surface area contributed by atoms with E-state index in [-0.39, 0.29) is 0 Å². The SMILES string of the molecule is Cc1ccc(N)cc1Nc1nccc(-c2cccn[14cH]2)n1. The monoisotopic (exact) mass is 279 g/mol. The second-order valence-electron chi connectivity index (χ2n) is 4.71. The van der Waals surface area contributed by atoms with E-state index in [1.54, 1.807) is 18.6 Å². The lowest BCUT2D eigenvalue weighted by atomic mass is 10.2. The van der Waals surface area contributed by atoms with Crippen molar-refractivity contribution in [3.05, 3.63) is 60.6 Å². The molecule has 2 aromatic heterocycles. The molecule has 0 atom stereocenters. The summed E-state index contributed by atoms with van der Waals surface area (Å²) in [6, 6.07) is 11.4. The van der Waals surface area contributed by atoms with E-state index in [1.807, 2.05) is 43.3 Å². The Kier molecular flexibility index (Phi) is 3.47. The quantitative estimate of drug-likeness (QED) is 0.720. The summed E-state index contributed by atoms with van der Waals surface area (Å²) in [4.78, 5) is 12.9. The van der Waals surface area contributed by atoms with Crippen molar-refractivity contribution < 1.29 is 0 Å². The molecule has 0 aliphatic carbocycles. The van der Waals surface area contributed by atoms with Gasteiger partial charge in [0.05, 0.1) is 5.69 Å². The van der Waals surface area contributed by atoms with E-state index in [4.69, 9.17) is 5.73 Å². The predicted molar refractivity (Wildman–Crippen MR) is 84.1 cm³/mol. The average molecular weight is 279 g/mol. The zero-order valence-corrected chi connectivity index (χ0v) is 11.6. The zero-order valence-electron chi connectivity index (χ0n) is 11.6. The maximum Gasteiger partial charge on any atom is 0.227 e. The number of nitrogens with two attached hydrogens (primary N) is 1. The second kappa shape index (κ2) is 5.58. The van der Waals surface area contributed by atoms with Crippen LogP contribution in [0.3, 0.4) is 0 Å². The van der Waals surface area contributed by atoms with Crippen molar-refractivity contribution in [3.63, 3.8) is 0 Å². The van der Waals surface area contributed by atoms with Crippen molar-refractivity contribution >= 4 is 17.3 Å². The highest BCUT2D eigenvalue weighted by atomic mass is 15.1. The molecule has 0 radical (unpaired) electrons. The minimum Gasteiger partial charge on any atom is -0.399 e. The molecule has 3 rings (SSSR count). The Hall–Kier alpha value is -2.95. The second-order valence-corrected chi connectivity index (χ2v) is 4.71. The molecule has 3 aromatic rings. The number of hydrogen-bond acceptors (Lipinski definition) is 5. The van der Waals surface area contributed by atoms with Crippen molar-refractivity contribution in [3.8, 4) is 11.3 Å². The van der Waals surface area contributed by atoms with Gasteiger partial charge in [-0.05, 0) is 42.8 Å². The highest BCUT2D eigenvalue weighted by Crippen LogP contribution is 2.22. The number of aromatic nitrogens is 3. The van der Waals surface area contributed by atoms with Crippen molar-refractivity contribution in [1.82, 2.24) is 15.0 Å². The van der Waals surface area contributed by atoms with Gasteiger partial charge in [0.2, 0.25) is 5.95 Å². The van der Waals surface area contributed by atoms with E-state index < -0.39 is 0 Å². The number of nitrogen functional groups attached to an aromatic ring is 1. The molecule has 3 N–H and O–H groups in total. The van der Waals surface area contributed by atoms with Crippen molar-refractivity contribution in [2.45, 2.75) is 6.92 Å². The third-order valence-electron chi connectivity index (χ3n) is 3.12. The number of rotatable bonds is 3. The van der Waals surface area contributed by atoms with Crippen LogP contribution in [0.1, 0.15) is 5.56 Å². The molecule has 5 heteroatoms. The predicted octanol–water partition coefficient (Wildman–Crippen LogP) is 3.17. The summed E-state index contributed by atoms with van der Waals surface area (Å²) in [5.41, 5.74) is 10.3. The summed E-state index contributed by atoms with van der Waals surface area (Å²) < 4.78 is 0. The average Bonchev–Trinajstić information content (AvgIpc) is 2.52. The van der Waals surface area contributed by atoms with Gasteiger partial charge < -0.3 is 11.1 Å². The Morgan fingerprint density at radius 3 is 2.86 bits per heavy atom. The number of pyridine rings is 1. The first kappa shape index (κ1) is 13.1. The van der Waals surface area contributed by atoms with Gasteiger partial charge in [-0.15, -0.1) is 0 Å². The Morgan fingerprint density at radius 1 is 1.14 bits per heavy atom. The molecule has 0 saturated heterocycles. The van der Waals surface area contributed by atoms with Crippen LogP contribution in [0.2, 0.25) is 0 Å². The molecule has 0 unspecified atom stereocenters. The van der Waals surface area contributed by atoms with Gasteiger partial charge in [-0.25, -0.2) is 9.97 Å². The largest absolute Gasteiger partial charge is 0.399 e. The molecular formula is C16H15N5. The minimum atomic E-state index is 0.532. The summed E-state index contributed by atoms with van der Waals surface area (Å²) in [7, 11) is 0. The standard InChI is InChI=1S/C16H15N5/c1-11-4-5-13(17)9-15(11)21-16-19-8-6-14(20-16)12-3-2-7-18-10-12/h2-10H,17H2,1H3,(H,19,20,21)/i10+2. The summed E-state index contributed by atoms with van der Waals surface area (Å²) in [5, 5.41) is 3.20. The normalized spacial score (nSPS) is 10.3. The van der Waals surface area contributed by atoms with Gasteiger partial charge in [-0.1, -0.05) is 6.07 Å². The van der Waals surface area contributed by atoms with Gasteiger partial charge in [0.1, 0.15) is 0 Å². The van der Waals surface area contributed by atoms with Crippen LogP contribution in [0, 0.1) is 6.92 Å². The Morgan fingerprint density at radius 2 is 2.05 bits per heavy atom. The topological polar surface area (TPSA) is 76.7 Å². The number of aryl methyl sites for hydroxylation is 1. The smallest absolute Gasteiger partial charge is 0.227 e. The first-order valence-electron chi connectivity index (χ1n) is 6.59. The van der Waals surface area contributed by atoms with Crippen LogP contribution in [-0.4, -0.2) is 15.0 Å². The lowest BCUT2D eigenvalue weighted by Crippen LogP contribution is -2.00. The van der Waals surface area contributed by atoms with Gasteiger partial charge in [0.15, 0.2) is 0 Å². The lowest BCUT2D eigenvalue weighted by molar-refractivity contribution is 1.16. The molecular weight excluding hydrogens is 264 g/mol. The first-order chi connectivity index (χ1) is 10.2. The lowest BCUT2D eigenvalue weighted by Gasteiger charge is -2.09. The summed E-state index contributed by atoms with van der Waals surface area (Å²) in [5.74, 6) is 0.532. The number of hydrogen-bond donors (Lipinski definition) is 2. The van der Waals surface area contributed by atoms with Crippen LogP contribution in [0.4, 0.5) is 17.3 Å². The van der Waals surface area contributed by atoms with Crippen LogP contribution >= 0.6 is 0 Å². The molecule has 0 bridgehead atoms. The van der Waals surface area contributed by atoms with E-state index in [9.17, 15) is 0 Å². The molecule has 0 amide bonds. The molecule has 0 aliphatic heterocycles. The van der Waals surface area contributed by atoms with Gasteiger partial charge in [-0.2, -0.15) is 0 Å². The van der Waals surface area contributed by atoms with Gasteiger partial charge in [-0.3, -0.25) is 4.98 Å². The maximum atomic E-state index is 5.81. The molecule has 21 heavy (non-hydrogen) atoms. The minimum absolute atomic E-state index is 0.532. The van der Waals surface area contributed by atoms with Crippen LogP contribution in [0.15, 0.2) is 55.0 Å². The number of nitrogens with zero attached hydrogens (tertiary/aromatic N) is 3. The van der Waals surface area contributed by atoms with E-state index in [0.29, 0.717) is 11.6 Å². The fourth-order valence-electron chi connectivity index (χ4n) is 1.99.